The summed E-state index contributed by atoms with van der Waals surface area (Å²) >= 11 is 0. The third-order valence-corrected chi connectivity index (χ3v) is 24.2. The maximum Gasteiger partial charge on any atom is 0.408 e. The number of ether oxygens (including phenoxy) is 9. The van der Waals surface area contributed by atoms with E-state index in [1.54, 1.807) is 115 Å². The quantitative estimate of drug-likeness (QED) is 0.0545. The Kier molecular flexibility index (Phi) is 20.4. The Morgan fingerprint density at radius 2 is 1.56 bits per heavy atom. The number of amides is 1. The van der Waals surface area contributed by atoms with Crippen LogP contribution in [-0.2, 0) is 61.8 Å². The molecule has 0 aromatic heterocycles. The topological polar surface area (TPSA) is 218 Å². The van der Waals surface area contributed by atoms with Gasteiger partial charge in [0.15, 0.2) is 11.4 Å². The van der Waals surface area contributed by atoms with Crippen molar-refractivity contribution in [2.75, 3.05) is 27.4 Å². The number of aliphatic hydroxyl groups is 1. The lowest BCUT2D eigenvalue weighted by Crippen LogP contribution is -2.82. The minimum absolute atomic E-state index is 0.0554. The Labute approximate surface area is 551 Å². The fourth-order valence-electron chi connectivity index (χ4n) is 19.5. The van der Waals surface area contributed by atoms with E-state index < -0.39 is 118 Å². The molecule has 6 fully saturated rings. The average Bonchev–Trinajstić information content (AvgIpc) is 1.08. The molecular formula is C76H105NO16. The number of Topliss-reactive ketones (excluding diaryl/α,β-unsaturated/α-hetero) is 1. The van der Waals surface area contributed by atoms with Crippen LogP contribution < -0.4 is 5.32 Å². The van der Waals surface area contributed by atoms with Gasteiger partial charge in [0.25, 0.3) is 0 Å². The number of rotatable bonds is 20. The second-order valence-electron chi connectivity index (χ2n) is 31.3. The average molecular weight is 1290 g/mol. The summed E-state index contributed by atoms with van der Waals surface area (Å²) in [6.07, 6.45) is 8.77. The van der Waals surface area contributed by atoms with Gasteiger partial charge in [0.1, 0.15) is 41.7 Å². The molecule has 5 saturated carbocycles. The molecule has 17 heteroatoms. The zero-order valence-electron chi connectivity index (χ0n) is 57.8. The first kappa shape index (κ1) is 70.1. The van der Waals surface area contributed by atoms with E-state index in [1.165, 1.54) is 77.7 Å². The molecule has 19 atom stereocenters. The normalized spacial score (nSPS) is 36.1. The number of hydrogen-bond donors (Lipinski definition) is 2. The number of nitrogens with one attached hydrogen (secondary N) is 1. The van der Waals surface area contributed by atoms with E-state index in [-0.39, 0.29) is 42.3 Å². The molecule has 17 nitrogen and oxygen atoms in total. The highest BCUT2D eigenvalue weighted by atomic mass is 16.6. The summed E-state index contributed by atoms with van der Waals surface area (Å²) in [5.74, 6) is -1.09. The molecule has 2 aromatic carbocycles. The minimum Gasteiger partial charge on any atom is -0.455 e. The largest absolute Gasteiger partial charge is 0.455 e. The van der Waals surface area contributed by atoms with Crippen LogP contribution >= 0.6 is 0 Å². The van der Waals surface area contributed by atoms with Gasteiger partial charge in [-0.2, -0.15) is 0 Å². The van der Waals surface area contributed by atoms with Crippen molar-refractivity contribution in [1.29, 1.82) is 0 Å². The molecule has 2 N–H and O–H groups in total. The Balaban J connectivity index is 0.931. The first-order chi connectivity index (χ1) is 43.9. The zero-order valence-corrected chi connectivity index (χ0v) is 57.8. The molecule has 93 heavy (non-hydrogen) atoms. The number of esters is 4. The molecule has 2 bridgehead atoms. The number of hydrogen-bond acceptors (Lipinski definition) is 16. The van der Waals surface area contributed by atoms with Crippen molar-refractivity contribution in [2.24, 2.45) is 63.1 Å². The van der Waals surface area contributed by atoms with E-state index in [4.69, 9.17) is 42.6 Å². The van der Waals surface area contributed by atoms with Crippen LogP contribution in [0, 0.1) is 63.1 Å². The summed E-state index contributed by atoms with van der Waals surface area (Å²) in [6.45, 7) is 25.3. The molecule has 1 heterocycles. The second kappa shape index (κ2) is 27.1. The molecule has 1 saturated heterocycles. The highest BCUT2D eigenvalue weighted by Crippen LogP contribution is 2.69. The van der Waals surface area contributed by atoms with Gasteiger partial charge in [0.05, 0.1) is 42.3 Å². The summed E-state index contributed by atoms with van der Waals surface area (Å²) in [4.78, 5) is 88.1. The monoisotopic (exact) mass is 1290 g/mol. The summed E-state index contributed by atoms with van der Waals surface area (Å²) < 4.78 is 56.6. The van der Waals surface area contributed by atoms with Crippen molar-refractivity contribution >= 4 is 35.8 Å². The van der Waals surface area contributed by atoms with E-state index in [1.807, 2.05) is 0 Å². The van der Waals surface area contributed by atoms with Crippen molar-refractivity contribution in [3.63, 3.8) is 0 Å². The fraction of sp³-hybridized carbons (Fsp3) is 0.684. The van der Waals surface area contributed by atoms with Crippen LogP contribution in [0.15, 0.2) is 95.6 Å². The fourth-order valence-corrected chi connectivity index (χ4v) is 19.5. The van der Waals surface area contributed by atoms with Crippen molar-refractivity contribution in [1.82, 2.24) is 5.32 Å². The van der Waals surface area contributed by atoms with Crippen molar-refractivity contribution in [2.45, 2.75) is 239 Å². The number of ketones is 1. The number of carbonyl (C=O) groups excluding carboxylic acids is 6. The maximum atomic E-state index is 16.0. The summed E-state index contributed by atoms with van der Waals surface area (Å²) in [5.41, 5.74) is -5.12. The number of carbonyl (C=O) groups is 6. The van der Waals surface area contributed by atoms with Gasteiger partial charge in [-0.15, -0.1) is 0 Å². The first-order valence-electron chi connectivity index (χ1n) is 34.4. The van der Waals surface area contributed by atoms with Gasteiger partial charge in [-0.25, -0.2) is 19.2 Å². The number of benzene rings is 2. The van der Waals surface area contributed by atoms with Gasteiger partial charge in [0.2, 0.25) is 6.10 Å². The molecule has 10 rings (SSSR count). The lowest BCUT2D eigenvalue weighted by molar-refractivity contribution is -0.347. The van der Waals surface area contributed by atoms with Crippen molar-refractivity contribution < 1.29 is 76.5 Å². The summed E-state index contributed by atoms with van der Waals surface area (Å²) in [5, 5.41) is 17.0. The summed E-state index contributed by atoms with van der Waals surface area (Å²) in [7, 11) is 2.81. The predicted octanol–water partition coefficient (Wildman–Crippen LogP) is 13.1. The lowest BCUT2D eigenvalue weighted by atomic mass is 9.44. The Morgan fingerprint density at radius 3 is 2.19 bits per heavy atom. The molecular weight excluding hydrogens is 1180 g/mol. The molecule has 0 radical (unpaired) electrons. The van der Waals surface area contributed by atoms with E-state index >= 15 is 9.59 Å². The van der Waals surface area contributed by atoms with Crippen LogP contribution in [0.2, 0.25) is 0 Å². The Bertz CT molecular complexity index is 3190. The Hall–Kier alpha value is -5.72. The van der Waals surface area contributed by atoms with Gasteiger partial charge < -0.3 is 53.1 Å². The molecule has 2 aromatic rings. The number of allylic oxidation sites excluding steroid dienone is 1. The van der Waals surface area contributed by atoms with Crippen LogP contribution in [0.1, 0.15) is 195 Å². The maximum absolute atomic E-state index is 16.0. The van der Waals surface area contributed by atoms with Crippen LogP contribution in [-0.4, -0.2) is 128 Å². The van der Waals surface area contributed by atoms with Gasteiger partial charge in [-0.3, -0.25) is 9.59 Å². The van der Waals surface area contributed by atoms with Crippen LogP contribution in [0.5, 0.6) is 0 Å². The Morgan fingerprint density at radius 1 is 0.860 bits per heavy atom. The van der Waals surface area contributed by atoms with Crippen LogP contribution in [0.4, 0.5) is 4.79 Å². The predicted molar refractivity (Wildman–Crippen MR) is 349 cm³/mol. The van der Waals surface area contributed by atoms with Gasteiger partial charge >= 0.3 is 30.0 Å². The van der Waals surface area contributed by atoms with E-state index in [0.717, 1.165) is 49.4 Å². The number of alkyl carbamates (subject to hydrolysis) is 1. The van der Waals surface area contributed by atoms with Crippen molar-refractivity contribution in [3.05, 3.63) is 107 Å². The number of fused-ring (bicyclic) bond motifs is 10. The minimum atomic E-state index is -2.30. The molecule has 7 aliphatic carbocycles. The van der Waals surface area contributed by atoms with E-state index in [9.17, 15) is 24.3 Å². The van der Waals surface area contributed by atoms with Gasteiger partial charge in [-0.1, -0.05) is 134 Å². The SMILES string of the molecule is CO[C@H]1C(=O)[C@]2(C)[C@@H](OC)C[C@H]3OC[C@@]3(OC(C)=O)[C@H]2[C@H](OC(=O)c2ccccc2)[C@]2(O)C[C@H](OC(=O)[C@H](OC(=O)/C=C/CO[C@H]3CC[C@@]4(C)C(=CCC5C4CC[C@@]4(C)C5CC[C@@H]4[C@H](C)CCCC(C)C)C3)[C@@H](NC(=O)OC(C)(C)C)c3ccccc3)C(C)=C1C2(C)C. The third-order valence-electron chi connectivity index (χ3n) is 24.2. The second-order valence-corrected chi connectivity index (χ2v) is 31.3. The summed E-state index contributed by atoms with van der Waals surface area (Å²) in [6, 6.07) is 15.2. The smallest absolute Gasteiger partial charge is 0.408 e. The van der Waals surface area contributed by atoms with Gasteiger partial charge in [-0.05, 0) is 161 Å². The van der Waals surface area contributed by atoms with Crippen molar-refractivity contribution in [3.8, 4) is 0 Å². The molecule has 1 aliphatic heterocycles. The van der Waals surface area contributed by atoms with E-state index in [0.29, 0.717) is 28.4 Å². The molecule has 8 aliphatic rings. The molecule has 510 valence electrons. The molecule has 0 spiro atoms. The molecule has 1 amide bonds. The van der Waals surface area contributed by atoms with E-state index in [2.05, 4.69) is 46.0 Å². The van der Waals surface area contributed by atoms with Crippen LogP contribution in [0.25, 0.3) is 0 Å². The standard InChI is InChI=1S/C76H105NO16/c1-44(2)24-22-25-45(3)53-33-34-54-52-32-31-50-40-51(35-37-72(50,11)55(52)36-38-73(53,54)12)87-39-23-30-59(79)90-63(61(48-26-18-16-19-27-48)77-69(83)93-70(6,7)8)68(82)89-56-42-76(84)66(91-67(81)49-28-20-17-21-29-49)64-74(13,65(80)62(86-15)60(46(56)4)71(76,9)10)57(85-14)41-58-75(64,43-88-58)92-47(5)78/h16-21,23,26-31,44-45,51-58,61-64,66,84H,22,24-25,32-43H2,1-15H3,(H,77,83)/b30-23+/t45-,51+,52?,53-,54?,55?,56+,57+,58-,61+,62-,63-,64+,66+,72+,73-,74-,75+,76-/m1/s1. The number of methoxy groups -OCH3 is 2. The van der Waals surface area contributed by atoms with Gasteiger partial charge in [0, 0.05) is 45.5 Å². The third kappa shape index (κ3) is 13.0. The highest BCUT2D eigenvalue weighted by molar-refractivity contribution is 5.94. The van der Waals surface area contributed by atoms with Crippen LogP contribution in [0.3, 0.4) is 0 Å². The highest BCUT2D eigenvalue weighted by Gasteiger charge is 2.78. The lowest BCUT2D eigenvalue weighted by Gasteiger charge is -2.67. The molecule has 3 unspecified atom stereocenters. The zero-order chi connectivity index (χ0) is 67.4. The first-order valence-corrected chi connectivity index (χ1v) is 34.4.